The highest BCUT2D eigenvalue weighted by atomic mass is 32.1. The SMILES string of the molecule is COC1CCCCC1NCc1cc(C)c(C)s1. The number of hydrogen-bond acceptors (Lipinski definition) is 3. The second kappa shape index (κ2) is 5.98. The highest BCUT2D eigenvalue weighted by molar-refractivity contribution is 7.12. The minimum absolute atomic E-state index is 0.408. The largest absolute Gasteiger partial charge is 0.380 e. The van der Waals surface area contributed by atoms with Gasteiger partial charge >= 0.3 is 0 Å². The minimum atomic E-state index is 0.408. The summed E-state index contributed by atoms with van der Waals surface area (Å²) in [6.45, 7) is 5.37. The smallest absolute Gasteiger partial charge is 0.0724 e. The predicted molar refractivity (Wildman–Crippen MR) is 73.7 cm³/mol. The molecule has 1 N–H and O–H groups in total. The molecule has 2 unspecified atom stereocenters. The van der Waals surface area contributed by atoms with Gasteiger partial charge in [0.2, 0.25) is 0 Å². The fourth-order valence-electron chi connectivity index (χ4n) is 2.58. The van der Waals surface area contributed by atoms with Gasteiger partial charge < -0.3 is 10.1 Å². The molecular formula is C14H23NOS. The zero-order valence-electron chi connectivity index (χ0n) is 11.1. The first-order valence-electron chi connectivity index (χ1n) is 6.53. The molecule has 1 heterocycles. The Balaban J connectivity index is 1.88. The van der Waals surface area contributed by atoms with E-state index in [1.165, 1.54) is 41.0 Å². The Bertz CT molecular complexity index is 342. The zero-order valence-corrected chi connectivity index (χ0v) is 11.9. The van der Waals surface area contributed by atoms with E-state index in [9.17, 15) is 0 Å². The molecule has 2 rings (SSSR count). The van der Waals surface area contributed by atoms with Gasteiger partial charge in [0.15, 0.2) is 0 Å². The molecule has 0 amide bonds. The van der Waals surface area contributed by atoms with Crippen molar-refractivity contribution >= 4 is 11.3 Å². The lowest BCUT2D eigenvalue weighted by molar-refractivity contribution is 0.0414. The van der Waals surface area contributed by atoms with Crippen LogP contribution in [0.2, 0.25) is 0 Å². The van der Waals surface area contributed by atoms with E-state index >= 15 is 0 Å². The highest BCUT2D eigenvalue weighted by Crippen LogP contribution is 2.23. The van der Waals surface area contributed by atoms with Crippen molar-refractivity contribution in [3.63, 3.8) is 0 Å². The van der Waals surface area contributed by atoms with Gasteiger partial charge in [-0.15, -0.1) is 11.3 Å². The molecule has 2 nitrogen and oxygen atoms in total. The first-order chi connectivity index (χ1) is 8.20. The van der Waals surface area contributed by atoms with Crippen LogP contribution in [-0.4, -0.2) is 19.3 Å². The summed E-state index contributed by atoms with van der Waals surface area (Å²) in [5, 5.41) is 3.66. The van der Waals surface area contributed by atoms with Gasteiger partial charge in [-0.3, -0.25) is 0 Å². The van der Waals surface area contributed by atoms with Crippen LogP contribution in [0.4, 0.5) is 0 Å². The van der Waals surface area contributed by atoms with E-state index in [0.29, 0.717) is 12.1 Å². The van der Waals surface area contributed by atoms with E-state index < -0.39 is 0 Å². The van der Waals surface area contributed by atoms with Crippen LogP contribution in [0.15, 0.2) is 6.07 Å². The van der Waals surface area contributed by atoms with Gasteiger partial charge in [0.1, 0.15) is 0 Å². The lowest BCUT2D eigenvalue weighted by Crippen LogP contribution is -2.42. The van der Waals surface area contributed by atoms with Gasteiger partial charge in [-0.1, -0.05) is 12.8 Å². The maximum Gasteiger partial charge on any atom is 0.0724 e. The Hall–Kier alpha value is -0.380. The van der Waals surface area contributed by atoms with Crippen LogP contribution in [0.1, 0.15) is 41.0 Å². The highest BCUT2D eigenvalue weighted by Gasteiger charge is 2.24. The first kappa shape index (κ1) is 13.1. The van der Waals surface area contributed by atoms with Crippen molar-refractivity contribution in [1.29, 1.82) is 0 Å². The van der Waals surface area contributed by atoms with Crippen molar-refractivity contribution in [1.82, 2.24) is 5.32 Å². The van der Waals surface area contributed by atoms with Crippen LogP contribution in [0.3, 0.4) is 0 Å². The van der Waals surface area contributed by atoms with E-state index in [1.807, 2.05) is 18.4 Å². The molecule has 2 atom stereocenters. The number of methoxy groups -OCH3 is 1. The Morgan fingerprint density at radius 3 is 2.76 bits per heavy atom. The summed E-state index contributed by atoms with van der Waals surface area (Å²) in [7, 11) is 1.84. The third-order valence-electron chi connectivity index (χ3n) is 3.76. The first-order valence-corrected chi connectivity index (χ1v) is 7.34. The molecule has 0 aliphatic heterocycles. The molecule has 1 fully saturated rings. The summed E-state index contributed by atoms with van der Waals surface area (Å²) in [4.78, 5) is 2.88. The van der Waals surface area contributed by atoms with E-state index in [0.717, 1.165) is 6.54 Å². The molecule has 0 saturated heterocycles. The summed E-state index contributed by atoms with van der Waals surface area (Å²) in [6, 6.07) is 2.84. The summed E-state index contributed by atoms with van der Waals surface area (Å²) in [6.07, 6.45) is 5.51. The monoisotopic (exact) mass is 253 g/mol. The van der Waals surface area contributed by atoms with Gasteiger partial charge in [-0.2, -0.15) is 0 Å². The Morgan fingerprint density at radius 2 is 2.12 bits per heavy atom. The fourth-order valence-corrected chi connectivity index (χ4v) is 3.59. The summed E-state index contributed by atoms with van der Waals surface area (Å²) < 4.78 is 5.56. The molecule has 3 heteroatoms. The standard InChI is InChI=1S/C14H23NOS/c1-10-8-12(17-11(10)2)9-15-13-6-4-5-7-14(13)16-3/h8,13-15H,4-7,9H2,1-3H3. The van der Waals surface area contributed by atoms with Crippen molar-refractivity contribution in [3.05, 3.63) is 21.4 Å². The van der Waals surface area contributed by atoms with E-state index in [4.69, 9.17) is 4.74 Å². The van der Waals surface area contributed by atoms with Crippen LogP contribution in [0.5, 0.6) is 0 Å². The maximum atomic E-state index is 5.56. The van der Waals surface area contributed by atoms with Crippen LogP contribution in [0, 0.1) is 13.8 Å². The molecule has 1 saturated carbocycles. The van der Waals surface area contributed by atoms with Crippen molar-refractivity contribution in [3.8, 4) is 0 Å². The third kappa shape index (κ3) is 3.30. The van der Waals surface area contributed by atoms with Crippen molar-refractivity contribution in [2.75, 3.05) is 7.11 Å². The lowest BCUT2D eigenvalue weighted by Gasteiger charge is -2.31. The second-order valence-electron chi connectivity index (χ2n) is 5.00. The lowest BCUT2D eigenvalue weighted by atomic mass is 9.92. The van der Waals surface area contributed by atoms with E-state index in [1.54, 1.807) is 0 Å². The van der Waals surface area contributed by atoms with Crippen molar-refractivity contribution in [2.24, 2.45) is 0 Å². The molecule has 0 radical (unpaired) electrons. The number of thiophene rings is 1. The third-order valence-corrected chi connectivity index (χ3v) is 4.91. The van der Waals surface area contributed by atoms with Crippen LogP contribution >= 0.6 is 11.3 Å². The summed E-state index contributed by atoms with van der Waals surface area (Å²) >= 11 is 1.91. The Kier molecular flexibility index (Phi) is 4.60. The molecule has 96 valence electrons. The molecule has 0 spiro atoms. The molecular weight excluding hydrogens is 230 g/mol. The number of ether oxygens (including phenoxy) is 1. The number of aryl methyl sites for hydroxylation is 2. The van der Waals surface area contributed by atoms with Crippen molar-refractivity contribution in [2.45, 2.75) is 58.2 Å². The quantitative estimate of drug-likeness (QED) is 0.888. The second-order valence-corrected chi connectivity index (χ2v) is 6.34. The van der Waals surface area contributed by atoms with Crippen LogP contribution in [0.25, 0.3) is 0 Å². The minimum Gasteiger partial charge on any atom is -0.380 e. The van der Waals surface area contributed by atoms with Gasteiger partial charge in [0.25, 0.3) is 0 Å². The van der Waals surface area contributed by atoms with Gasteiger partial charge in [-0.05, 0) is 38.3 Å². The Morgan fingerprint density at radius 1 is 1.35 bits per heavy atom. The molecule has 1 aliphatic rings. The molecule has 0 aromatic carbocycles. The number of nitrogens with one attached hydrogen (secondary N) is 1. The molecule has 17 heavy (non-hydrogen) atoms. The van der Waals surface area contributed by atoms with Crippen LogP contribution < -0.4 is 5.32 Å². The summed E-state index contributed by atoms with van der Waals surface area (Å²) in [5.41, 5.74) is 1.42. The van der Waals surface area contributed by atoms with Gasteiger partial charge in [-0.25, -0.2) is 0 Å². The van der Waals surface area contributed by atoms with Crippen molar-refractivity contribution < 1.29 is 4.74 Å². The number of rotatable bonds is 4. The topological polar surface area (TPSA) is 21.3 Å². The van der Waals surface area contributed by atoms with Gasteiger partial charge in [0.05, 0.1) is 6.10 Å². The average molecular weight is 253 g/mol. The predicted octanol–water partition coefficient (Wildman–Crippen LogP) is 3.41. The summed E-state index contributed by atoms with van der Waals surface area (Å²) in [5.74, 6) is 0. The fraction of sp³-hybridized carbons (Fsp3) is 0.714. The van der Waals surface area contributed by atoms with Gasteiger partial charge in [0, 0.05) is 29.5 Å². The number of hydrogen-bond donors (Lipinski definition) is 1. The van der Waals surface area contributed by atoms with Crippen LogP contribution in [-0.2, 0) is 11.3 Å². The maximum absolute atomic E-state index is 5.56. The average Bonchev–Trinajstić information content (AvgIpc) is 2.66. The molecule has 0 bridgehead atoms. The van der Waals surface area contributed by atoms with E-state index in [2.05, 4.69) is 25.2 Å². The molecule has 1 aromatic heterocycles. The zero-order chi connectivity index (χ0) is 12.3. The van der Waals surface area contributed by atoms with E-state index in [-0.39, 0.29) is 0 Å². The molecule has 1 aliphatic carbocycles. The Labute approximate surface area is 108 Å². The molecule has 1 aromatic rings. The normalized spacial score (nSPS) is 25.1.